The number of carboxylic acids is 1. The van der Waals surface area contributed by atoms with Crippen LogP contribution in [0.25, 0.3) is 10.9 Å². The number of benzene rings is 1. The fourth-order valence-corrected chi connectivity index (χ4v) is 5.44. The number of aliphatic carboxylic acids is 1. The molecule has 288 valence electrons. The molecule has 0 radical (unpaired) electrons. The number of hydrogen-bond acceptors (Lipinski definition) is 8. The van der Waals surface area contributed by atoms with E-state index in [2.05, 4.69) is 25.9 Å². The van der Waals surface area contributed by atoms with Gasteiger partial charge in [0.2, 0.25) is 29.5 Å². The maximum Gasteiger partial charge on any atom is 0.490 e. The third kappa shape index (κ3) is 13.7. The van der Waals surface area contributed by atoms with E-state index in [1.807, 2.05) is 44.3 Å². The van der Waals surface area contributed by atoms with Crippen LogP contribution in [0.3, 0.4) is 0 Å². The smallest absolute Gasteiger partial charge is 0.475 e. The summed E-state index contributed by atoms with van der Waals surface area (Å²) in [6.45, 7) is 3.99. The number of nitrogens with one attached hydrogen (secondary N) is 4. The number of rotatable bonds is 16. The van der Waals surface area contributed by atoms with Crippen LogP contribution in [0.1, 0.15) is 51.5 Å². The molecule has 17 nitrogen and oxygen atoms in total. The summed E-state index contributed by atoms with van der Waals surface area (Å²) in [6, 6.07) is 3.95. The van der Waals surface area contributed by atoms with Crippen molar-refractivity contribution in [3.63, 3.8) is 0 Å². The zero-order valence-corrected chi connectivity index (χ0v) is 28.9. The summed E-state index contributed by atoms with van der Waals surface area (Å²) in [6.07, 6.45) is -1.22. The molecule has 20 heteroatoms. The number of para-hydroxylation sites is 1. The van der Waals surface area contributed by atoms with Crippen molar-refractivity contribution in [2.75, 3.05) is 19.6 Å². The highest BCUT2D eigenvalue weighted by Crippen LogP contribution is 2.21. The molecule has 13 N–H and O–H groups in total. The average molecular weight is 741 g/mol. The second-order valence-corrected chi connectivity index (χ2v) is 12.5. The lowest BCUT2D eigenvalue weighted by atomic mass is 10.0. The normalized spacial score (nSPS) is 15.8. The van der Waals surface area contributed by atoms with Crippen molar-refractivity contribution in [3.8, 4) is 0 Å². The lowest BCUT2D eigenvalue weighted by Crippen LogP contribution is -2.58. The van der Waals surface area contributed by atoms with Crippen molar-refractivity contribution < 1.29 is 47.0 Å². The minimum Gasteiger partial charge on any atom is -0.475 e. The highest BCUT2D eigenvalue weighted by Gasteiger charge is 2.39. The number of alkyl halides is 3. The van der Waals surface area contributed by atoms with E-state index in [0.717, 1.165) is 16.5 Å². The molecule has 1 saturated heterocycles. The Kier molecular flexibility index (Phi) is 16.3. The molecule has 2 heterocycles. The number of aliphatic imine (C=N–C) groups is 1. The number of carbonyl (C=O) groups excluding carboxylic acids is 5. The van der Waals surface area contributed by atoms with Crippen LogP contribution in [-0.2, 0) is 35.2 Å². The fraction of sp³-hybridized carbons (Fsp3) is 0.531. The molecule has 1 aliphatic heterocycles. The molecule has 52 heavy (non-hydrogen) atoms. The molecule has 0 aliphatic carbocycles. The molecule has 3 rings (SSSR count). The topological polar surface area (TPSA) is 294 Å². The summed E-state index contributed by atoms with van der Waals surface area (Å²) in [7, 11) is 0. The summed E-state index contributed by atoms with van der Waals surface area (Å²) in [5.74, 6) is -5.55. The molecule has 1 aromatic carbocycles. The highest BCUT2D eigenvalue weighted by molar-refractivity contribution is 5.96. The van der Waals surface area contributed by atoms with E-state index in [0.29, 0.717) is 32.2 Å². The first-order valence-corrected chi connectivity index (χ1v) is 16.4. The van der Waals surface area contributed by atoms with Gasteiger partial charge in [0.1, 0.15) is 18.1 Å². The van der Waals surface area contributed by atoms with Gasteiger partial charge in [-0.3, -0.25) is 29.0 Å². The zero-order valence-electron chi connectivity index (χ0n) is 28.9. The van der Waals surface area contributed by atoms with Crippen LogP contribution in [0, 0.1) is 5.92 Å². The predicted molar refractivity (Wildman–Crippen MR) is 184 cm³/mol. The number of carbonyl (C=O) groups is 6. The lowest BCUT2D eigenvalue weighted by Gasteiger charge is -2.30. The molecule has 4 atom stereocenters. The summed E-state index contributed by atoms with van der Waals surface area (Å²) >= 11 is 0. The van der Waals surface area contributed by atoms with Gasteiger partial charge in [-0.1, -0.05) is 32.0 Å². The number of primary amides is 1. The van der Waals surface area contributed by atoms with E-state index < -0.39 is 65.8 Å². The second-order valence-electron chi connectivity index (χ2n) is 12.5. The van der Waals surface area contributed by atoms with Crippen LogP contribution in [0.4, 0.5) is 13.2 Å². The molecule has 0 saturated carbocycles. The maximum absolute atomic E-state index is 13.8. The van der Waals surface area contributed by atoms with Crippen LogP contribution in [-0.4, -0.2) is 106 Å². The van der Waals surface area contributed by atoms with Crippen LogP contribution in [0.15, 0.2) is 35.5 Å². The summed E-state index contributed by atoms with van der Waals surface area (Å²) in [4.78, 5) is 81.9. The Morgan fingerprint density at radius 3 is 2.27 bits per heavy atom. The molecule has 2 aromatic rings. The standard InChI is InChI=1S/C30H46N10O5.C2HF3O2/c1-17(2)13-23(39-26(42)20(31)14-18-15-36-21-8-4-3-7-19(18)21)27(43)38-22(9-5-11-35-30(33)34)29(45)40-12-6-10-24(40)28(44)37-16-25(32)41;3-2(4,5)1(6)7/h3-4,7-8,15,17,20,22-24,36H,5-6,9-14,16,31H2,1-2H3,(H2,32,41)(H,37,44)(H,38,43)(H,39,42)(H4,33,34,35);(H,6,7)/t20-,22+,23+,24+;/m1./s1. The fourth-order valence-electron chi connectivity index (χ4n) is 5.44. The summed E-state index contributed by atoms with van der Waals surface area (Å²) in [5, 5.41) is 16.1. The van der Waals surface area contributed by atoms with Crippen molar-refractivity contribution >= 4 is 52.4 Å². The van der Waals surface area contributed by atoms with Gasteiger partial charge in [-0.15, -0.1) is 0 Å². The Morgan fingerprint density at radius 1 is 1.04 bits per heavy atom. The van der Waals surface area contributed by atoms with E-state index >= 15 is 0 Å². The van der Waals surface area contributed by atoms with Crippen LogP contribution < -0.4 is 38.9 Å². The SMILES string of the molecule is CC(C)C[C@H](NC(=O)[C@H](N)Cc1c[nH]c2ccccc12)C(=O)N[C@@H](CCCN=C(N)N)C(=O)N1CCC[C@H]1C(=O)NCC(N)=O.O=C(O)C(F)(F)F. The van der Waals surface area contributed by atoms with E-state index in [1.54, 1.807) is 0 Å². The molecular formula is C32H47F3N10O7. The molecule has 5 amide bonds. The number of hydrogen-bond donors (Lipinski definition) is 9. The second kappa shape index (κ2) is 19.8. The number of guanidine groups is 1. The Hall–Kier alpha value is -5.40. The molecule has 1 aliphatic rings. The Labute approximate surface area is 297 Å². The zero-order chi connectivity index (χ0) is 39.2. The van der Waals surface area contributed by atoms with Gasteiger partial charge >= 0.3 is 12.1 Å². The van der Waals surface area contributed by atoms with Gasteiger partial charge in [0.15, 0.2) is 5.96 Å². The lowest BCUT2D eigenvalue weighted by molar-refractivity contribution is -0.192. The maximum atomic E-state index is 13.8. The Balaban J connectivity index is 0.00000121. The van der Waals surface area contributed by atoms with Gasteiger partial charge in [-0.2, -0.15) is 13.2 Å². The predicted octanol–water partition coefficient (Wildman–Crippen LogP) is -0.667. The largest absolute Gasteiger partial charge is 0.490 e. The number of nitrogens with two attached hydrogens (primary N) is 4. The van der Waals surface area contributed by atoms with Crippen molar-refractivity contribution in [2.24, 2.45) is 33.8 Å². The monoisotopic (exact) mass is 740 g/mol. The number of nitrogens with zero attached hydrogens (tertiary/aromatic N) is 2. The highest BCUT2D eigenvalue weighted by atomic mass is 19.4. The first-order valence-electron chi connectivity index (χ1n) is 16.4. The van der Waals surface area contributed by atoms with Crippen molar-refractivity contribution in [2.45, 2.75) is 82.7 Å². The van der Waals surface area contributed by atoms with Crippen LogP contribution in [0.2, 0.25) is 0 Å². The number of amides is 5. The summed E-state index contributed by atoms with van der Waals surface area (Å²) in [5.41, 5.74) is 24.1. The third-order valence-electron chi connectivity index (χ3n) is 7.87. The van der Waals surface area contributed by atoms with Crippen molar-refractivity contribution in [1.82, 2.24) is 25.8 Å². The number of likely N-dealkylation sites (tertiary alicyclic amines) is 1. The number of fused-ring (bicyclic) bond motifs is 1. The van der Waals surface area contributed by atoms with E-state index in [1.165, 1.54) is 4.90 Å². The molecule has 1 fully saturated rings. The molecule has 0 bridgehead atoms. The molecule has 0 unspecified atom stereocenters. The van der Waals surface area contributed by atoms with Crippen LogP contribution >= 0.6 is 0 Å². The van der Waals surface area contributed by atoms with Gasteiger partial charge in [-0.05, 0) is 56.1 Å². The van der Waals surface area contributed by atoms with E-state index in [4.69, 9.17) is 32.8 Å². The number of halogens is 3. The molecular weight excluding hydrogens is 693 g/mol. The Bertz CT molecular complexity index is 1590. The molecule has 1 aromatic heterocycles. The van der Waals surface area contributed by atoms with E-state index in [9.17, 15) is 37.1 Å². The van der Waals surface area contributed by atoms with Gasteiger partial charge in [-0.25, -0.2) is 4.79 Å². The minimum atomic E-state index is -5.08. The van der Waals surface area contributed by atoms with Gasteiger partial charge in [0, 0.05) is 30.2 Å². The summed E-state index contributed by atoms with van der Waals surface area (Å²) < 4.78 is 31.7. The van der Waals surface area contributed by atoms with Gasteiger partial charge in [0.25, 0.3) is 0 Å². The first-order chi connectivity index (χ1) is 24.3. The molecule has 0 spiro atoms. The van der Waals surface area contributed by atoms with E-state index in [-0.39, 0.29) is 37.8 Å². The average Bonchev–Trinajstić information content (AvgIpc) is 3.71. The third-order valence-corrected chi connectivity index (χ3v) is 7.87. The minimum absolute atomic E-state index is 0.0267. The van der Waals surface area contributed by atoms with Crippen molar-refractivity contribution in [1.29, 1.82) is 0 Å². The number of aromatic amines is 1. The van der Waals surface area contributed by atoms with Crippen molar-refractivity contribution in [3.05, 3.63) is 36.0 Å². The number of aromatic nitrogens is 1. The number of H-pyrrole nitrogens is 1. The quantitative estimate of drug-likeness (QED) is 0.0594. The first kappa shape index (κ1) is 42.8. The van der Waals surface area contributed by atoms with Gasteiger partial charge in [0.05, 0.1) is 12.6 Å². The van der Waals surface area contributed by atoms with Gasteiger partial charge < -0.3 is 53.9 Å². The van der Waals surface area contributed by atoms with Crippen LogP contribution in [0.5, 0.6) is 0 Å². The Morgan fingerprint density at radius 2 is 1.67 bits per heavy atom. The number of carboxylic acid groups (broad SMARTS) is 1.